The van der Waals surface area contributed by atoms with Crippen LogP contribution in [0.5, 0.6) is 0 Å². The van der Waals surface area contributed by atoms with Crippen LogP contribution in [-0.4, -0.2) is 127 Å². The molecular formula is C91H102Cl4N8O8. The molecule has 3 N–H and O–H groups in total. The van der Waals surface area contributed by atoms with Crippen molar-refractivity contribution in [3.05, 3.63) is 187 Å². The van der Waals surface area contributed by atoms with Gasteiger partial charge in [-0.25, -0.2) is 0 Å². The molecular weight excluding hydrogens is 1470 g/mol. The molecule has 6 aliphatic carbocycles. The van der Waals surface area contributed by atoms with Gasteiger partial charge < -0.3 is 39.1 Å². The zero-order valence-electron chi connectivity index (χ0n) is 65.2. The van der Waals surface area contributed by atoms with Gasteiger partial charge in [-0.15, -0.1) is 49.6 Å². The Bertz CT molecular complexity index is 5440. The third-order valence-corrected chi connectivity index (χ3v) is 23.6. The number of likely N-dealkylation sites (N-methyl/N-ethyl adjacent to an activating group) is 1. The number of aromatic nitrogens is 4. The topological polar surface area (TPSA) is 196 Å². The van der Waals surface area contributed by atoms with Crippen LogP contribution in [0.25, 0.3) is 87.2 Å². The maximum Gasteiger partial charge on any atom is 0.163 e. The fourth-order valence-electron chi connectivity index (χ4n) is 18.3. The van der Waals surface area contributed by atoms with Crippen LogP contribution in [0.4, 0.5) is 0 Å². The van der Waals surface area contributed by atoms with Crippen LogP contribution in [-0.2, 0) is 64.7 Å². The Labute approximate surface area is 673 Å². The molecule has 0 radical (unpaired) electrons. The molecule has 0 saturated carbocycles. The summed E-state index contributed by atoms with van der Waals surface area (Å²) in [5, 5.41) is 19.7. The zero-order valence-corrected chi connectivity index (χ0v) is 68.4. The maximum absolute atomic E-state index is 12.4. The molecule has 20 heteroatoms. The Morgan fingerprint density at radius 3 is 0.874 bits per heavy atom. The molecule has 4 aromatic heterocycles. The third-order valence-electron chi connectivity index (χ3n) is 23.6. The summed E-state index contributed by atoms with van der Waals surface area (Å²) < 4.78 is 9.43. The first kappa shape index (κ1) is 83.3. The second-order valence-electron chi connectivity index (χ2n) is 30.6. The number of fused-ring (bicyclic) bond motifs is 24. The summed E-state index contributed by atoms with van der Waals surface area (Å²) in [6.07, 6.45) is 9.58. The van der Waals surface area contributed by atoms with E-state index in [1.54, 1.807) is 13.8 Å². The lowest BCUT2D eigenvalue weighted by atomic mass is 9.98. The van der Waals surface area contributed by atoms with Crippen LogP contribution in [0.1, 0.15) is 224 Å². The Morgan fingerprint density at radius 2 is 0.613 bits per heavy atom. The number of aryl methyl sites for hydroxylation is 7. The van der Waals surface area contributed by atoms with Gasteiger partial charge in [0.2, 0.25) is 0 Å². The van der Waals surface area contributed by atoms with Crippen LogP contribution >= 0.6 is 49.6 Å². The number of nitrogens with one attached hydrogen (secondary N) is 3. The summed E-state index contributed by atoms with van der Waals surface area (Å²) in [6.45, 7) is 28.6. The molecule has 18 rings (SSSR count). The minimum absolute atomic E-state index is 0. The van der Waals surface area contributed by atoms with Gasteiger partial charge in [-0.3, -0.25) is 38.4 Å². The Hall–Kier alpha value is -8.68. The van der Waals surface area contributed by atoms with E-state index in [1.807, 2.05) is 72.8 Å². The molecule has 0 aliphatic heterocycles. The molecule has 582 valence electrons. The predicted octanol–water partition coefficient (Wildman–Crippen LogP) is 18.4. The molecule has 4 heterocycles. The van der Waals surface area contributed by atoms with Crippen LogP contribution in [0.3, 0.4) is 0 Å². The fraction of sp³-hybridized carbons (Fsp3) is 0.385. The molecule has 111 heavy (non-hydrogen) atoms. The monoisotopic (exact) mass is 1570 g/mol. The van der Waals surface area contributed by atoms with E-state index < -0.39 is 0 Å². The SMILES string of the molecule is CC(=O)c1ccc2c(c1)c1cc(C(C)=O)ccc1n2CCNC(C)C.CC(C)NCCn1c2ccc3c(c2c2c4c(ccc21)C(=O)CC4)CCC3=O.CCN(CC)CCn1c2ccc3c(c2c2c4c(ccc21)C(=O)CC4)CCC3=O.CCNCCCn1c2ccc3c(c2c2c4c(ccc21)C(=O)CC4)CCC3=O.Cl.Cl.Cl.Cl. The number of Topliss-reactive ketones (excluding diaryl/α,β-unsaturated/α-hetero) is 8. The second kappa shape index (κ2) is 34.7. The lowest BCUT2D eigenvalue weighted by Crippen LogP contribution is -2.26. The zero-order chi connectivity index (χ0) is 74.8. The third kappa shape index (κ3) is 15.2. The molecule has 0 bridgehead atoms. The second-order valence-corrected chi connectivity index (χ2v) is 30.6. The summed E-state index contributed by atoms with van der Waals surface area (Å²) in [6, 6.07) is 37.3. The lowest BCUT2D eigenvalue weighted by molar-refractivity contribution is 0.0986. The lowest BCUT2D eigenvalue weighted by Gasteiger charge is -2.19. The number of carbonyl (C=O) groups excluding carboxylic acids is 8. The summed E-state index contributed by atoms with van der Waals surface area (Å²) in [7, 11) is 0. The van der Waals surface area contributed by atoms with Crippen molar-refractivity contribution >= 4 is 183 Å². The van der Waals surface area contributed by atoms with Gasteiger partial charge in [-0.05, 0) is 228 Å². The number of halogens is 4. The van der Waals surface area contributed by atoms with Gasteiger partial charge in [-0.2, -0.15) is 0 Å². The van der Waals surface area contributed by atoms with Gasteiger partial charge in [0.25, 0.3) is 0 Å². The number of carbonyl (C=O) groups is 8. The molecule has 0 unspecified atom stereocenters. The summed E-state index contributed by atoms with van der Waals surface area (Å²) in [4.78, 5) is 100.0. The molecule has 0 atom stereocenters. The largest absolute Gasteiger partial charge is 0.340 e. The Morgan fingerprint density at radius 1 is 0.351 bits per heavy atom. The molecule has 0 fully saturated rings. The quantitative estimate of drug-likeness (QED) is 0.0483. The standard InChI is InChI=1S/C24H26N2O2.2C23H24N2O2.C21H24N2O2.4ClH/c1-3-25(4-2)13-14-26-19-9-5-15-17(7-11-21(15)27)23(19)24-18-8-12-22(28)16(18)6-10-20(24)26;1-13(2)24-11-12-25-18-7-3-14-16(5-9-20(14)26)22(18)23-17-6-10-21(27)15(17)4-8-19(23)25;1-2-24-12-3-13-25-18-8-4-14-16(6-10-20(14)26)22(18)23-17-7-11-21(27)15(17)5-9-19(23)25;1-13(2)22-9-10-23-20-7-5-16(14(3)24)11-18(20)19-12-17(15(4)25)6-8-21(19)23;;;;/h5-6,9-10H,3-4,7-8,11-14H2,1-2H3;3-4,7-8,13,24H,5-6,9-12H2,1-2H3;4-5,8-9,24H,2-3,6-7,10-13H2,1H3;5-8,11-13,22H,9-10H2,1-4H3;4*1H. The van der Waals surface area contributed by atoms with Gasteiger partial charge in [-0.1, -0.05) is 48.5 Å². The van der Waals surface area contributed by atoms with Crippen molar-refractivity contribution < 1.29 is 38.4 Å². The van der Waals surface area contributed by atoms with Crippen molar-refractivity contribution in [1.29, 1.82) is 0 Å². The van der Waals surface area contributed by atoms with Crippen LogP contribution in [0.2, 0.25) is 0 Å². The predicted molar refractivity (Wildman–Crippen MR) is 460 cm³/mol. The number of rotatable bonds is 20. The van der Waals surface area contributed by atoms with E-state index in [4.69, 9.17) is 0 Å². The fourth-order valence-corrected chi connectivity index (χ4v) is 18.3. The van der Waals surface area contributed by atoms with Crippen LogP contribution < -0.4 is 16.0 Å². The minimum Gasteiger partial charge on any atom is -0.340 e. The van der Waals surface area contributed by atoms with E-state index >= 15 is 0 Å². The number of nitrogens with zero attached hydrogens (tertiary/aromatic N) is 5. The first-order valence-electron chi connectivity index (χ1n) is 39.2. The van der Waals surface area contributed by atoms with Gasteiger partial charge >= 0.3 is 0 Å². The van der Waals surface area contributed by atoms with Crippen molar-refractivity contribution in [2.75, 3.05) is 45.8 Å². The number of ketones is 8. The van der Waals surface area contributed by atoms with Crippen molar-refractivity contribution in [2.45, 2.75) is 184 Å². The smallest absolute Gasteiger partial charge is 0.163 e. The van der Waals surface area contributed by atoms with Crippen molar-refractivity contribution in [1.82, 2.24) is 39.1 Å². The minimum atomic E-state index is 0. The molecule has 6 aliphatic rings. The highest BCUT2D eigenvalue weighted by Gasteiger charge is 2.34. The van der Waals surface area contributed by atoms with Crippen molar-refractivity contribution in [2.24, 2.45) is 0 Å². The average Bonchev–Trinajstić information content (AvgIpc) is 1.57. The van der Waals surface area contributed by atoms with E-state index in [9.17, 15) is 38.4 Å². The Kier molecular flexibility index (Phi) is 26.1. The Balaban J connectivity index is 0.000000145. The maximum atomic E-state index is 12.4. The van der Waals surface area contributed by atoms with Gasteiger partial charge in [0.1, 0.15) is 0 Å². The normalized spacial score (nSPS) is 14.4. The number of hydrogen-bond acceptors (Lipinski definition) is 12. The van der Waals surface area contributed by atoms with Gasteiger partial charge in [0, 0.05) is 228 Å². The highest BCUT2D eigenvalue weighted by atomic mass is 35.5. The molecule has 8 aromatic carbocycles. The van der Waals surface area contributed by atoms with Crippen molar-refractivity contribution in [3.8, 4) is 0 Å². The summed E-state index contributed by atoms with van der Waals surface area (Å²) >= 11 is 0. The van der Waals surface area contributed by atoms with Gasteiger partial charge in [0.05, 0.1) is 0 Å². The van der Waals surface area contributed by atoms with E-state index in [0.29, 0.717) is 61.7 Å². The summed E-state index contributed by atoms with van der Waals surface area (Å²) in [5.41, 5.74) is 23.2. The number of hydrogen-bond donors (Lipinski definition) is 3. The molecule has 0 amide bonds. The van der Waals surface area contributed by atoms with E-state index in [0.717, 1.165) is 172 Å². The molecule has 12 aromatic rings. The average molecular weight is 1580 g/mol. The first-order chi connectivity index (χ1) is 51.8. The van der Waals surface area contributed by atoms with Crippen LogP contribution in [0, 0.1) is 0 Å². The molecule has 0 saturated heterocycles. The summed E-state index contributed by atoms with van der Waals surface area (Å²) in [5.74, 6) is 1.61. The van der Waals surface area contributed by atoms with Crippen molar-refractivity contribution in [3.63, 3.8) is 0 Å². The van der Waals surface area contributed by atoms with Gasteiger partial charge in [0.15, 0.2) is 46.3 Å². The van der Waals surface area contributed by atoms with Crippen LogP contribution in [0.15, 0.2) is 109 Å². The highest BCUT2D eigenvalue weighted by molar-refractivity contribution is 6.22. The molecule has 0 spiro atoms. The highest BCUT2D eigenvalue weighted by Crippen LogP contribution is 2.46. The number of benzene rings is 8. The van der Waals surface area contributed by atoms with E-state index in [-0.39, 0.29) is 95.9 Å². The van der Waals surface area contributed by atoms with E-state index in [2.05, 4.69) is 124 Å². The molecule has 16 nitrogen and oxygen atoms in total. The van der Waals surface area contributed by atoms with E-state index in [1.165, 1.54) is 98.8 Å². The first-order valence-corrected chi connectivity index (χ1v) is 39.2.